The molecule has 0 aliphatic heterocycles. The predicted molar refractivity (Wildman–Crippen MR) is 209 cm³/mol. The predicted octanol–water partition coefficient (Wildman–Crippen LogP) is 11.1. The van der Waals surface area contributed by atoms with Crippen LogP contribution in [0.25, 0.3) is 0 Å². The minimum absolute atomic E-state index is 0. The molecule has 0 fully saturated rings. The molecule has 7 nitrogen and oxygen atoms in total. The van der Waals surface area contributed by atoms with Crippen molar-refractivity contribution >= 4 is 17.8 Å². The van der Waals surface area contributed by atoms with Crippen molar-refractivity contribution in [2.45, 2.75) is 196 Å². The molecule has 7 heteroatoms. The van der Waals surface area contributed by atoms with Gasteiger partial charge in [-0.05, 0) is 32.2 Å². The quantitative estimate of drug-likeness (QED) is 0.0518. The zero-order valence-corrected chi connectivity index (χ0v) is 33.4. The van der Waals surface area contributed by atoms with Crippen molar-refractivity contribution in [3.8, 4) is 0 Å². The molecule has 292 valence electrons. The first-order valence-electron chi connectivity index (χ1n) is 21.2. The monoisotopic (exact) mass is 697 g/mol. The Labute approximate surface area is 305 Å². The summed E-state index contributed by atoms with van der Waals surface area (Å²) in [5, 5.41) is 3.27. The van der Waals surface area contributed by atoms with E-state index in [1.807, 2.05) is 13.8 Å². The Bertz CT molecular complexity index is 733. The topological polar surface area (TPSA) is 84.9 Å². The fraction of sp³-hybridized carbons (Fsp3) is 0.929. The number of carbonyl (C=O) groups excluding carboxylic acids is 3. The molecule has 0 bridgehead atoms. The number of unbranched alkanes of at least 4 members (excludes halogenated alkanes) is 16. The van der Waals surface area contributed by atoms with Gasteiger partial charge in [-0.15, -0.1) is 0 Å². The molecule has 0 aliphatic carbocycles. The first kappa shape index (κ1) is 47.4. The number of amides is 1. The molecule has 0 aromatic heterocycles. The van der Waals surface area contributed by atoms with Gasteiger partial charge in [0.1, 0.15) is 13.2 Å². The Morgan fingerprint density at radius 2 is 0.857 bits per heavy atom. The summed E-state index contributed by atoms with van der Waals surface area (Å²) in [6, 6.07) is 0. The fourth-order valence-corrected chi connectivity index (χ4v) is 6.58. The van der Waals surface area contributed by atoms with Gasteiger partial charge >= 0.3 is 11.9 Å². The van der Waals surface area contributed by atoms with Crippen molar-refractivity contribution in [2.75, 3.05) is 39.4 Å². The number of rotatable bonds is 36. The molecule has 0 radical (unpaired) electrons. The van der Waals surface area contributed by atoms with Gasteiger partial charge in [-0.25, -0.2) is 0 Å². The molecule has 0 saturated heterocycles. The van der Waals surface area contributed by atoms with Crippen LogP contribution in [0.1, 0.15) is 197 Å². The number of ether oxygens (including phenoxy) is 2. The van der Waals surface area contributed by atoms with E-state index in [0.717, 1.165) is 70.8 Å². The summed E-state index contributed by atoms with van der Waals surface area (Å²) >= 11 is 0. The Balaban J connectivity index is 0. The number of esters is 2. The average molecular weight is 697 g/mol. The minimum Gasteiger partial charge on any atom is -0.464 e. The van der Waals surface area contributed by atoms with Crippen LogP contribution in [0.2, 0.25) is 0 Å². The Kier molecular flexibility index (Phi) is 33.6. The number of nitrogens with one attached hydrogen (secondary N) is 1. The molecule has 0 aromatic carbocycles. The maximum absolute atomic E-state index is 13.5. The number of hydrogen-bond acceptors (Lipinski definition) is 6. The van der Waals surface area contributed by atoms with E-state index in [1.54, 1.807) is 4.90 Å². The zero-order valence-electron chi connectivity index (χ0n) is 33.4. The summed E-state index contributed by atoms with van der Waals surface area (Å²) in [5.74, 6) is -0.595. The zero-order chi connectivity index (χ0) is 36.4. The van der Waals surface area contributed by atoms with Crippen molar-refractivity contribution in [1.82, 2.24) is 10.2 Å². The molecule has 0 aliphatic rings. The minimum atomic E-state index is -0.218. The van der Waals surface area contributed by atoms with E-state index in [1.165, 1.54) is 89.9 Å². The molecular formula is C42H84N2O5. The molecule has 1 N–H and O–H groups in total. The van der Waals surface area contributed by atoms with Crippen molar-refractivity contribution in [2.24, 2.45) is 17.8 Å². The summed E-state index contributed by atoms with van der Waals surface area (Å²) in [6.07, 6.45) is 27.2. The van der Waals surface area contributed by atoms with E-state index >= 15 is 0 Å². The second-order valence-corrected chi connectivity index (χ2v) is 14.6. The van der Waals surface area contributed by atoms with Crippen LogP contribution >= 0.6 is 0 Å². The summed E-state index contributed by atoms with van der Waals surface area (Å²) in [5.41, 5.74) is 0. The first-order chi connectivity index (χ1) is 23.9. The maximum Gasteiger partial charge on any atom is 0.308 e. The number of nitrogens with zero attached hydrogens (tertiary/aromatic N) is 1. The van der Waals surface area contributed by atoms with Crippen LogP contribution in [0, 0.1) is 17.8 Å². The normalized spacial score (nSPS) is 13.2. The standard InChI is InChI=1S/C42H82N2O5.H2/c1-7-12-16-20-22-26-30-38(28-24-18-14-9-3)41(46)48-34-32-44(40(45)37(6)36-43-11-5)33-35-49-42(47)39(29-25-19-15-10-4)31-27-23-21-17-13-8-2;/h37-39,43H,7-36H2,1-6H3;1H. The third kappa shape index (κ3) is 26.8. The number of hydrogen-bond donors (Lipinski definition) is 1. The van der Waals surface area contributed by atoms with Crippen LogP contribution in [0.4, 0.5) is 0 Å². The van der Waals surface area contributed by atoms with E-state index < -0.39 is 0 Å². The average Bonchev–Trinajstić information content (AvgIpc) is 3.10. The second-order valence-electron chi connectivity index (χ2n) is 14.6. The van der Waals surface area contributed by atoms with Crippen molar-refractivity contribution < 1.29 is 25.3 Å². The third-order valence-corrected chi connectivity index (χ3v) is 9.94. The SMILES string of the molecule is CCCCCCCCC(CCCCCC)C(=O)OCCN(CCOC(=O)C(CCCCCC)CCCCCCCC)C(=O)C(C)CNCC.[HH]. The van der Waals surface area contributed by atoms with Crippen molar-refractivity contribution in [3.05, 3.63) is 0 Å². The second kappa shape index (κ2) is 34.8. The van der Waals surface area contributed by atoms with E-state index in [-0.39, 0.29) is 50.2 Å². The van der Waals surface area contributed by atoms with Gasteiger partial charge < -0.3 is 19.7 Å². The van der Waals surface area contributed by atoms with E-state index in [0.29, 0.717) is 19.6 Å². The highest BCUT2D eigenvalue weighted by Gasteiger charge is 2.24. The largest absolute Gasteiger partial charge is 0.464 e. The molecule has 0 saturated carbocycles. The lowest BCUT2D eigenvalue weighted by Crippen LogP contribution is -2.43. The van der Waals surface area contributed by atoms with Gasteiger partial charge in [-0.2, -0.15) is 0 Å². The van der Waals surface area contributed by atoms with Gasteiger partial charge in [0.2, 0.25) is 5.91 Å². The summed E-state index contributed by atoms with van der Waals surface area (Å²) in [4.78, 5) is 41.7. The summed E-state index contributed by atoms with van der Waals surface area (Å²) in [6.45, 7) is 15.2. The van der Waals surface area contributed by atoms with Gasteiger partial charge in [-0.1, -0.05) is 170 Å². The Morgan fingerprint density at radius 1 is 0.531 bits per heavy atom. The maximum atomic E-state index is 13.5. The van der Waals surface area contributed by atoms with E-state index in [4.69, 9.17) is 9.47 Å². The van der Waals surface area contributed by atoms with Crippen LogP contribution in [-0.2, 0) is 23.9 Å². The summed E-state index contributed by atoms with van der Waals surface area (Å²) in [7, 11) is 0. The molecule has 3 unspecified atom stereocenters. The van der Waals surface area contributed by atoms with Gasteiger partial charge in [0.05, 0.1) is 24.9 Å². The van der Waals surface area contributed by atoms with Gasteiger partial charge in [-0.3, -0.25) is 14.4 Å². The van der Waals surface area contributed by atoms with Crippen LogP contribution in [0.3, 0.4) is 0 Å². The molecule has 0 heterocycles. The molecule has 0 spiro atoms. The lowest BCUT2D eigenvalue weighted by atomic mass is 9.94. The van der Waals surface area contributed by atoms with Crippen LogP contribution in [0.15, 0.2) is 0 Å². The Hall–Kier alpha value is -1.63. The molecule has 0 rings (SSSR count). The molecule has 49 heavy (non-hydrogen) atoms. The highest BCUT2D eigenvalue weighted by molar-refractivity contribution is 5.79. The molecule has 3 atom stereocenters. The fourth-order valence-electron chi connectivity index (χ4n) is 6.58. The first-order valence-corrected chi connectivity index (χ1v) is 21.2. The lowest BCUT2D eigenvalue weighted by molar-refractivity contribution is -0.153. The number of carbonyl (C=O) groups is 3. The van der Waals surface area contributed by atoms with Crippen LogP contribution < -0.4 is 5.32 Å². The lowest BCUT2D eigenvalue weighted by Gasteiger charge is -2.26. The van der Waals surface area contributed by atoms with Crippen LogP contribution in [-0.4, -0.2) is 62.1 Å². The smallest absolute Gasteiger partial charge is 0.308 e. The van der Waals surface area contributed by atoms with E-state index in [9.17, 15) is 14.4 Å². The van der Waals surface area contributed by atoms with Gasteiger partial charge in [0, 0.05) is 13.9 Å². The third-order valence-electron chi connectivity index (χ3n) is 9.94. The molecular weight excluding hydrogens is 612 g/mol. The van der Waals surface area contributed by atoms with Crippen molar-refractivity contribution in [3.63, 3.8) is 0 Å². The summed E-state index contributed by atoms with van der Waals surface area (Å²) < 4.78 is 11.7. The molecule has 0 aromatic rings. The Morgan fingerprint density at radius 3 is 1.20 bits per heavy atom. The molecule has 1 amide bonds. The highest BCUT2D eigenvalue weighted by atomic mass is 16.5. The highest BCUT2D eigenvalue weighted by Crippen LogP contribution is 2.22. The van der Waals surface area contributed by atoms with E-state index in [2.05, 4.69) is 33.0 Å². The van der Waals surface area contributed by atoms with Gasteiger partial charge in [0.25, 0.3) is 0 Å². The van der Waals surface area contributed by atoms with Crippen LogP contribution in [0.5, 0.6) is 0 Å². The van der Waals surface area contributed by atoms with Gasteiger partial charge in [0.15, 0.2) is 0 Å². The van der Waals surface area contributed by atoms with Crippen molar-refractivity contribution in [1.29, 1.82) is 0 Å².